The van der Waals surface area contributed by atoms with Gasteiger partial charge in [0, 0.05) is 6.42 Å². The summed E-state index contributed by atoms with van der Waals surface area (Å²) in [4.78, 5) is 11.3. The van der Waals surface area contributed by atoms with E-state index in [2.05, 4.69) is 13.8 Å². The van der Waals surface area contributed by atoms with Crippen molar-refractivity contribution in [3.05, 3.63) is 0 Å². The summed E-state index contributed by atoms with van der Waals surface area (Å²) in [5.41, 5.74) is 0. The number of carbonyl (C=O) groups excluding carboxylic acids is 1. The number of hydrogen-bond acceptors (Lipinski definition) is 2. The number of hydrogen-bond donors (Lipinski definition) is 0. The van der Waals surface area contributed by atoms with Gasteiger partial charge in [-0.15, -0.1) is 0 Å². The molecule has 0 aliphatic heterocycles. The third kappa shape index (κ3) is 17.4. The molecule has 0 unspecified atom stereocenters. The van der Waals surface area contributed by atoms with Gasteiger partial charge in [-0.05, 0) is 26.2 Å². The van der Waals surface area contributed by atoms with Crippen LogP contribution in [-0.4, -0.2) is 12.1 Å². The van der Waals surface area contributed by atoms with E-state index in [1.54, 1.807) is 0 Å². The van der Waals surface area contributed by atoms with Crippen molar-refractivity contribution in [2.75, 3.05) is 0 Å². The molecule has 0 amide bonds. The Bertz CT molecular complexity index is 234. The Morgan fingerprint density at radius 2 is 1.14 bits per heavy atom. The molecule has 2 nitrogen and oxygen atoms in total. The first-order valence-corrected chi connectivity index (χ1v) is 9.22. The van der Waals surface area contributed by atoms with Crippen molar-refractivity contribution in [1.29, 1.82) is 0 Å². The quantitative estimate of drug-likeness (QED) is 0.279. The second-order valence-corrected chi connectivity index (χ2v) is 7.01. The van der Waals surface area contributed by atoms with E-state index in [1.165, 1.54) is 64.2 Å². The molecule has 0 aliphatic rings. The lowest BCUT2D eigenvalue weighted by Gasteiger charge is -2.07. The highest BCUT2D eigenvalue weighted by molar-refractivity contribution is 5.69. The molecule has 0 saturated heterocycles. The highest BCUT2D eigenvalue weighted by Gasteiger charge is 2.04. The fraction of sp³-hybridized carbons (Fsp3) is 0.947. The second kappa shape index (κ2) is 14.4. The van der Waals surface area contributed by atoms with E-state index < -0.39 is 0 Å². The molecular formula is C19H38O2. The Morgan fingerprint density at radius 3 is 1.57 bits per heavy atom. The minimum Gasteiger partial charge on any atom is -0.463 e. The van der Waals surface area contributed by atoms with Gasteiger partial charge in [0.1, 0.15) is 0 Å². The molecule has 0 fully saturated rings. The van der Waals surface area contributed by atoms with Gasteiger partial charge in [-0.25, -0.2) is 0 Å². The van der Waals surface area contributed by atoms with Gasteiger partial charge >= 0.3 is 5.97 Å². The highest BCUT2D eigenvalue weighted by Crippen LogP contribution is 2.13. The summed E-state index contributed by atoms with van der Waals surface area (Å²) in [6, 6.07) is 0. The molecule has 0 aromatic rings. The van der Waals surface area contributed by atoms with Gasteiger partial charge in [-0.1, -0.05) is 78.1 Å². The molecule has 0 saturated carbocycles. The average Bonchev–Trinajstić information content (AvgIpc) is 2.38. The van der Waals surface area contributed by atoms with Crippen molar-refractivity contribution in [2.24, 2.45) is 5.92 Å². The number of unbranched alkanes of at least 4 members (excludes halogenated alkanes) is 9. The van der Waals surface area contributed by atoms with Crippen LogP contribution in [0.15, 0.2) is 0 Å². The molecule has 0 aromatic carbocycles. The number of esters is 1. The summed E-state index contributed by atoms with van der Waals surface area (Å²) < 4.78 is 5.12. The van der Waals surface area contributed by atoms with Crippen LogP contribution in [0.1, 0.15) is 105 Å². The number of rotatable bonds is 14. The monoisotopic (exact) mass is 298 g/mol. The predicted molar refractivity (Wildman–Crippen MR) is 91.5 cm³/mol. The number of carbonyl (C=O) groups is 1. The minimum atomic E-state index is -0.0357. The first kappa shape index (κ1) is 20.5. The van der Waals surface area contributed by atoms with Crippen LogP contribution in [0.5, 0.6) is 0 Å². The van der Waals surface area contributed by atoms with Gasteiger partial charge in [-0.2, -0.15) is 0 Å². The second-order valence-electron chi connectivity index (χ2n) is 7.01. The van der Waals surface area contributed by atoms with E-state index in [4.69, 9.17) is 4.74 Å². The van der Waals surface area contributed by atoms with Gasteiger partial charge < -0.3 is 4.74 Å². The molecule has 0 rings (SSSR count). The molecule has 0 spiro atoms. The molecule has 0 aliphatic carbocycles. The first-order chi connectivity index (χ1) is 10.0. The summed E-state index contributed by atoms with van der Waals surface area (Å²) >= 11 is 0. The summed E-state index contributed by atoms with van der Waals surface area (Å²) in [6.45, 7) is 8.42. The van der Waals surface area contributed by atoms with Gasteiger partial charge in [-0.3, -0.25) is 4.79 Å². The lowest BCUT2D eigenvalue weighted by molar-refractivity contribution is -0.147. The van der Waals surface area contributed by atoms with Gasteiger partial charge in [0.25, 0.3) is 0 Å². The first-order valence-electron chi connectivity index (χ1n) is 9.22. The Balaban J connectivity index is 3.11. The van der Waals surface area contributed by atoms with E-state index in [1.807, 2.05) is 13.8 Å². The molecule has 0 atom stereocenters. The molecule has 0 bridgehead atoms. The Hall–Kier alpha value is -0.530. The Morgan fingerprint density at radius 1 is 0.714 bits per heavy atom. The van der Waals surface area contributed by atoms with E-state index in [-0.39, 0.29) is 12.1 Å². The van der Waals surface area contributed by atoms with Gasteiger partial charge in [0.05, 0.1) is 6.10 Å². The third-order valence-electron chi connectivity index (χ3n) is 3.78. The van der Waals surface area contributed by atoms with Crippen LogP contribution < -0.4 is 0 Å². The summed E-state index contributed by atoms with van der Waals surface area (Å²) in [5, 5.41) is 0. The zero-order valence-corrected chi connectivity index (χ0v) is 15.0. The number of ether oxygens (including phenoxy) is 1. The van der Waals surface area contributed by atoms with Crippen LogP contribution in [0.3, 0.4) is 0 Å². The molecular weight excluding hydrogens is 260 g/mol. The molecule has 21 heavy (non-hydrogen) atoms. The average molecular weight is 299 g/mol. The normalized spacial score (nSPS) is 11.3. The van der Waals surface area contributed by atoms with E-state index in [0.717, 1.165) is 12.3 Å². The van der Waals surface area contributed by atoms with Gasteiger partial charge in [0.15, 0.2) is 0 Å². The smallest absolute Gasteiger partial charge is 0.306 e. The third-order valence-corrected chi connectivity index (χ3v) is 3.78. The molecule has 2 heteroatoms. The SMILES string of the molecule is CC(C)CCCCCCCCCCCCC(=O)OC(C)C. The van der Waals surface area contributed by atoms with Gasteiger partial charge in [0.2, 0.25) is 0 Å². The zero-order chi connectivity index (χ0) is 15.9. The van der Waals surface area contributed by atoms with Crippen molar-refractivity contribution in [3.8, 4) is 0 Å². The lowest BCUT2D eigenvalue weighted by Crippen LogP contribution is -2.10. The summed E-state index contributed by atoms with van der Waals surface area (Å²) in [6.07, 6.45) is 15.1. The Kier molecular flexibility index (Phi) is 14.0. The van der Waals surface area contributed by atoms with Crippen LogP contribution in [0.25, 0.3) is 0 Å². The summed E-state index contributed by atoms with van der Waals surface area (Å²) in [7, 11) is 0. The maximum atomic E-state index is 11.3. The van der Waals surface area contributed by atoms with Crippen LogP contribution in [-0.2, 0) is 9.53 Å². The molecule has 126 valence electrons. The van der Waals surface area contributed by atoms with Crippen LogP contribution in [0.2, 0.25) is 0 Å². The zero-order valence-electron chi connectivity index (χ0n) is 15.0. The standard InChI is InChI=1S/C19H38O2/c1-17(2)15-13-11-9-7-5-6-8-10-12-14-16-19(20)21-18(3)4/h17-18H,5-16H2,1-4H3. The van der Waals surface area contributed by atoms with Crippen molar-refractivity contribution in [2.45, 2.75) is 111 Å². The molecule has 0 heterocycles. The molecule has 0 radical (unpaired) electrons. The lowest BCUT2D eigenvalue weighted by atomic mass is 10.0. The fourth-order valence-electron chi connectivity index (χ4n) is 2.56. The highest BCUT2D eigenvalue weighted by atomic mass is 16.5. The van der Waals surface area contributed by atoms with E-state index in [9.17, 15) is 4.79 Å². The van der Waals surface area contributed by atoms with Crippen molar-refractivity contribution < 1.29 is 9.53 Å². The van der Waals surface area contributed by atoms with Crippen molar-refractivity contribution >= 4 is 5.97 Å². The van der Waals surface area contributed by atoms with Crippen molar-refractivity contribution in [3.63, 3.8) is 0 Å². The van der Waals surface area contributed by atoms with Crippen LogP contribution >= 0.6 is 0 Å². The van der Waals surface area contributed by atoms with E-state index >= 15 is 0 Å². The van der Waals surface area contributed by atoms with Crippen LogP contribution in [0, 0.1) is 5.92 Å². The molecule has 0 N–H and O–H groups in total. The predicted octanol–water partition coefficient (Wildman–Crippen LogP) is 6.28. The minimum absolute atomic E-state index is 0.0260. The topological polar surface area (TPSA) is 26.3 Å². The van der Waals surface area contributed by atoms with E-state index in [0.29, 0.717) is 6.42 Å². The summed E-state index contributed by atoms with van der Waals surface area (Å²) in [5.74, 6) is 0.828. The van der Waals surface area contributed by atoms with Crippen molar-refractivity contribution in [1.82, 2.24) is 0 Å². The fourth-order valence-corrected chi connectivity index (χ4v) is 2.56. The molecule has 0 aromatic heterocycles. The maximum Gasteiger partial charge on any atom is 0.306 e. The maximum absolute atomic E-state index is 11.3. The Labute approximate surface area is 133 Å². The van der Waals surface area contributed by atoms with Crippen LogP contribution in [0.4, 0.5) is 0 Å². The largest absolute Gasteiger partial charge is 0.463 e.